The van der Waals surface area contributed by atoms with E-state index in [0.717, 1.165) is 24.4 Å². The molecule has 3 aromatic rings. The van der Waals surface area contributed by atoms with Gasteiger partial charge in [0.15, 0.2) is 0 Å². The normalized spacial score (nSPS) is 19.0. The average molecular weight is 311 g/mol. The molecular formula is C17H17N3OS. The molecule has 5 heteroatoms. The van der Waals surface area contributed by atoms with Gasteiger partial charge in [-0.1, -0.05) is 12.1 Å². The van der Waals surface area contributed by atoms with E-state index in [-0.39, 0.29) is 5.56 Å². The predicted octanol–water partition coefficient (Wildman–Crippen LogP) is 3.09. The second-order valence-corrected chi connectivity index (χ2v) is 6.64. The molecule has 0 spiro atoms. The number of pyridine rings is 1. The maximum absolute atomic E-state index is 12.2. The highest BCUT2D eigenvalue weighted by Crippen LogP contribution is 2.35. The molecule has 0 saturated carbocycles. The summed E-state index contributed by atoms with van der Waals surface area (Å²) in [5, 5.41) is 2.13. The van der Waals surface area contributed by atoms with Crippen LogP contribution in [-0.4, -0.2) is 20.8 Å². The van der Waals surface area contributed by atoms with E-state index < -0.39 is 0 Å². The van der Waals surface area contributed by atoms with Gasteiger partial charge in [-0.3, -0.25) is 14.1 Å². The van der Waals surface area contributed by atoms with E-state index in [1.165, 1.54) is 17.7 Å². The standard InChI is InChI=1S/C17H17N3OS/c21-17-11-13(18-16-7-1-2-9-20(16)17)12-19-8-3-5-14(19)15-6-4-10-22-15/h1-2,4,6-7,9-11,14H,3,5,8,12H2/t14-/m0/s1. The minimum Gasteiger partial charge on any atom is -0.290 e. The molecule has 1 aliphatic heterocycles. The zero-order valence-electron chi connectivity index (χ0n) is 12.2. The van der Waals surface area contributed by atoms with Crippen molar-refractivity contribution in [3.63, 3.8) is 0 Å². The van der Waals surface area contributed by atoms with Gasteiger partial charge < -0.3 is 0 Å². The summed E-state index contributed by atoms with van der Waals surface area (Å²) >= 11 is 1.81. The van der Waals surface area contributed by atoms with Crippen molar-refractivity contribution in [2.24, 2.45) is 0 Å². The van der Waals surface area contributed by atoms with Crippen molar-refractivity contribution >= 4 is 17.0 Å². The van der Waals surface area contributed by atoms with Crippen LogP contribution in [0.3, 0.4) is 0 Å². The first kappa shape index (κ1) is 13.7. The van der Waals surface area contributed by atoms with Crippen LogP contribution in [0.2, 0.25) is 0 Å². The lowest BCUT2D eigenvalue weighted by Crippen LogP contribution is -2.24. The van der Waals surface area contributed by atoms with Gasteiger partial charge in [0.05, 0.1) is 5.69 Å². The van der Waals surface area contributed by atoms with Crippen LogP contribution in [0, 0.1) is 0 Å². The Labute approximate surface area is 132 Å². The van der Waals surface area contributed by atoms with Crippen molar-refractivity contribution in [1.82, 2.24) is 14.3 Å². The van der Waals surface area contributed by atoms with Gasteiger partial charge in [-0.25, -0.2) is 4.98 Å². The smallest absolute Gasteiger partial charge is 0.258 e. The van der Waals surface area contributed by atoms with Crippen LogP contribution in [0.5, 0.6) is 0 Å². The van der Waals surface area contributed by atoms with Crippen molar-refractivity contribution in [2.75, 3.05) is 6.54 Å². The third-order valence-corrected chi connectivity index (χ3v) is 5.20. The summed E-state index contributed by atoms with van der Waals surface area (Å²) in [6.07, 6.45) is 4.15. The fourth-order valence-corrected chi connectivity index (χ4v) is 4.11. The van der Waals surface area contributed by atoms with Gasteiger partial charge in [0.25, 0.3) is 5.56 Å². The summed E-state index contributed by atoms with van der Waals surface area (Å²) in [7, 11) is 0. The number of hydrogen-bond acceptors (Lipinski definition) is 4. The molecule has 1 fully saturated rings. The third-order valence-electron chi connectivity index (χ3n) is 4.22. The Hall–Kier alpha value is -1.98. The highest BCUT2D eigenvalue weighted by Gasteiger charge is 2.27. The lowest BCUT2D eigenvalue weighted by atomic mass is 10.2. The first-order valence-electron chi connectivity index (χ1n) is 7.56. The molecule has 1 atom stereocenters. The van der Waals surface area contributed by atoms with Crippen molar-refractivity contribution in [1.29, 1.82) is 0 Å². The molecule has 0 N–H and O–H groups in total. The number of aromatic nitrogens is 2. The lowest BCUT2D eigenvalue weighted by molar-refractivity contribution is 0.248. The van der Waals surface area contributed by atoms with Crippen LogP contribution < -0.4 is 5.56 Å². The Morgan fingerprint density at radius 3 is 3.09 bits per heavy atom. The number of likely N-dealkylation sites (tertiary alicyclic amines) is 1. The van der Waals surface area contributed by atoms with Crippen molar-refractivity contribution in [3.8, 4) is 0 Å². The van der Waals surface area contributed by atoms with Crippen LogP contribution >= 0.6 is 11.3 Å². The Balaban J connectivity index is 1.64. The van der Waals surface area contributed by atoms with Gasteiger partial charge in [0.2, 0.25) is 0 Å². The molecule has 0 unspecified atom stereocenters. The fraction of sp³-hybridized carbons (Fsp3) is 0.294. The number of hydrogen-bond donors (Lipinski definition) is 0. The molecule has 4 rings (SSSR count). The van der Waals surface area contributed by atoms with Gasteiger partial charge in [0, 0.05) is 29.7 Å². The van der Waals surface area contributed by atoms with Gasteiger partial charge in [-0.05, 0) is 43.0 Å². The summed E-state index contributed by atoms with van der Waals surface area (Å²) in [6, 6.07) is 12.1. The summed E-state index contributed by atoms with van der Waals surface area (Å²) in [5.41, 5.74) is 1.57. The van der Waals surface area contributed by atoms with Gasteiger partial charge in [0.1, 0.15) is 5.65 Å². The number of rotatable bonds is 3. The first-order valence-corrected chi connectivity index (χ1v) is 8.44. The molecule has 4 heterocycles. The summed E-state index contributed by atoms with van der Waals surface area (Å²) in [5.74, 6) is 0. The molecule has 0 aliphatic carbocycles. The zero-order chi connectivity index (χ0) is 14.9. The summed E-state index contributed by atoms with van der Waals surface area (Å²) in [6.45, 7) is 1.81. The van der Waals surface area contributed by atoms with Gasteiger partial charge in [-0.2, -0.15) is 0 Å². The van der Waals surface area contributed by atoms with E-state index in [2.05, 4.69) is 27.4 Å². The van der Waals surface area contributed by atoms with Crippen molar-refractivity contribution < 1.29 is 0 Å². The van der Waals surface area contributed by atoms with E-state index in [9.17, 15) is 4.79 Å². The van der Waals surface area contributed by atoms with Gasteiger partial charge in [-0.15, -0.1) is 11.3 Å². The fourth-order valence-electron chi connectivity index (χ4n) is 3.21. The molecule has 4 nitrogen and oxygen atoms in total. The monoisotopic (exact) mass is 311 g/mol. The Morgan fingerprint density at radius 1 is 1.27 bits per heavy atom. The van der Waals surface area contributed by atoms with Gasteiger partial charge >= 0.3 is 0 Å². The largest absolute Gasteiger partial charge is 0.290 e. The topological polar surface area (TPSA) is 37.6 Å². The highest BCUT2D eigenvalue weighted by molar-refractivity contribution is 7.10. The second-order valence-electron chi connectivity index (χ2n) is 5.66. The summed E-state index contributed by atoms with van der Waals surface area (Å²) in [4.78, 5) is 20.7. The molecule has 3 aromatic heterocycles. The van der Waals surface area contributed by atoms with Crippen LogP contribution in [0.4, 0.5) is 0 Å². The highest BCUT2D eigenvalue weighted by atomic mass is 32.1. The van der Waals surface area contributed by atoms with E-state index in [1.54, 1.807) is 16.7 Å². The maximum Gasteiger partial charge on any atom is 0.258 e. The predicted molar refractivity (Wildman–Crippen MR) is 88.2 cm³/mol. The number of nitrogens with zero attached hydrogens (tertiary/aromatic N) is 3. The molecule has 1 aliphatic rings. The Morgan fingerprint density at radius 2 is 2.23 bits per heavy atom. The maximum atomic E-state index is 12.2. The lowest BCUT2D eigenvalue weighted by Gasteiger charge is -2.23. The van der Waals surface area contributed by atoms with Crippen LogP contribution in [0.25, 0.3) is 5.65 Å². The van der Waals surface area contributed by atoms with E-state index >= 15 is 0 Å². The van der Waals surface area contributed by atoms with Crippen LogP contribution in [-0.2, 0) is 6.54 Å². The summed E-state index contributed by atoms with van der Waals surface area (Å²) < 4.78 is 1.59. The molecule has 112 valence electrons. The SMILES string of the molecule is O=c1cc(CN2CCC[C@H]2c2cccs2)nc2ccccn12. The third kappa shape index (κ3) is 2.46. The quantitative estimate of drug-likeness (QED) is 0.746. The van der Waals surface area contributed by atoms with E-state index in [4.69, 9.17) is 0 Å². The molecular weight excluding hydrogens is 294 g/mol. The van der Waals surface area contributed by atoms with Crippen LogP contribution in [0.15, 0.2) is 52.8 Å². The number of fused-ring (bicyclic) bond motifs is 1. The molecule has 0 radical (unpaired) electrons. The minimum atomic E-state index is -0.00697. The van der Waals surface area contributed by atoms with E-state index in [0.29, 0.717) is 6.04 Å². The molecule has 0 bridgehead atoms. The van der Waals surface area contributed by atoms with Crippen molar-refractivity contribution in [2.45, 2.75) is 25.4 Å². The van der Waals surface area contributed by atoms with E-state index in [1.807, 2.05) is 29.5 Å². The molecule has 0 aromatic carbocycles. The first-order chi connectivity index (χ1) is 10.8. The molecule has 22 heavy (non-hydrogen) atoms. The minimum absolute atomic E-state index is 0.00697. The zero-order valence-corrected chi connectivity index (χ0v) is 13.0. The average Bonchev–Trinajstić information content (AvgIpc) is 3.18. The number of thiophene rings is 1. The Bertz CT molecular complexity index is 840. The Kier molecular flexibility index (Phi) is 3.52. The van der Waals surface area contributed by atoms with Crippen molar-refractivity contribution in [3.05, 3.63) is 68.9 Å². The molecule has 1 saturated heterocycles. The second kappa shape index (κ2) is 5.66. The molecule has 0 amide bonds. The van der Waals surface area contributed by atoms with Crippen LogP contribution in [0.1, 0.15) is 29.5 Å².